The van der Waals surface area contributed by atoms with Gasteiger partial charge in [0.1, 0.15) is 12.4 Å². The van der Waals surface area contributed by atoms with Gasteiger partial charge in [0.05, 0.1) is 16.4 Å². The average molecular weight is 274 g/mol. The number of rotatable bonds is 3. The lowest BCUT2D eigenvalue weighted by molar-refractivity contribution is 0.304. The maximum absolute atomic E-state index is 6.07. The monoisotopic (exact) mass is 273 g/mol. The van der Waals surface area contributed by atoms with Gasteiger partial charge in [0.25, 0.3) is 0 Å². The van der Waals surface area contributed by atoms with Crippen LogP contribution in [0.1, 0.15) is 5.69 Å². The number of nitrogens with two attached hydrogens (primary N) is 1. The summed E-state index contributed by atoms with van der Waals surface area (Å²) in [7, 11) is 0. The standard InChI is InChI=1S/C14H12ClN3O/c15-11-4-3-7-18-8-10(17-14(11)18)9-19-13-6-2-1-5-12(13)16/h1-8H,9,16H2. The van der Waals surface area contributed by atoms with Crippen LogP contribution < -0.4 is 10.5 Å². The fraction of sp³-hybridized carbons (Fsp3) is 0.0714. The highest BCUT2D eigenvalue weighted by Crippen LogP contribution is 2.22. The van der Waals surface area contributed by atoms with Crippen LogP contribution in [0.5, 0.6) is 5.75 Å². The first-order valence-corrected chi connectivity index (χ1v) is 6.21. The van der Waals surface area contributed by atoms with Crippen LogP contribution in [0.25, 0.3) is 5.65 Å². The van der Waals surface area contributed by atoms with Crippen molar-refractivity contribution in [2.75, 3.05) is 5.73 Å². The molecule has 2 aromatic heterocycles. The second-order valence-electron chi connectivity index (χ2n) is 4.15. The first kappa shape index (κ1) is 11.9. The number of nitrogen functional groups attached to an aromatic ring is 1. The van der Waals surface area contributed by atoms with Crippen molar-refractivity contribution in [2.45, 2.75) is 6.61 Å². The van der Waals surface area contributed by atoms with Gasteiger partial charge in [-0.1, -0.05) is 23.7 Å². The van der Waals surface area contributed by atoms with E-state index in [4.69, 9.17) is 22.1 Å². The molecule has 0 amide bonds. The van der Waals surface area contributed by atoms with Gasteiger partial charge >= 0.3 is 0 Å². The number of imidazole rings is 1. The van der Waals surface area contributed by atoms with Crippen LogP contribution in [-0.2, 0) is 6.61 Å². The van der Waals surface area contributed by atoms with E-state index in [1.807, 2.05) is 47.1 Å². The van der Waals surface area contributed by atoms with E-state index in [1.165, 1.54) is 0 Å². The number of para-hydroxylation sites is 2. The zero-order valence-electron chi connectivity index (χ0n) is 10.1. The molecule has 19 heavy (non-hydrogen) atoms. The molecule has 0 atom stereocenters. The third-order valence-electron chi connectivity index (χ3n) is 2.78. The summed E-state index contributed by atoms with van der Waals surface area (Å²) in [5, 5.41) is 0.618. The molecule has 3 aromatic rings. The minimum Gasteiger partial charge on any atom is -0.485 e. The van der Waals surface area contributed by atoms with Gasteiger partial charge in [0, 0.05) is 12.4 Å². The largest absolute Gasteiger partial charge is 0.485 e. The summed E-state index contributed by atoms with van der Waals surface area (Å²) < 4.78 is 7.52. The highest BCUT2D eigenvalue weighted by Gasteiger charge is 2.06. The Morgan fingerprint density at radius 2 is 2.05 bits per heavy atom. The Morgan fingerprint density at radius 1 is 1.21 bits per heavy atom. The van der Waals surface area contributed by atoms with Gasteiger partial charge in [-0.25, -0.2) is 4.98 Å². The second kappa shape index (κ2) is 4.82. The predicted octanol–water partition coefficient (Wildman–Crippen LogP) is 3.15. The van der Waals surface area contributed by atoms with E-state index >= 15 is 0 Å². The van der Waals surface area contributed by atoms with Crippen molar-refractivity contribution in [1.29, 1.82) is 0 Å². The van der Waals surface area contributed by atoms with Crippen molar-refractivity contribution in [1.82, 2.24) is 9.38 Å². The quantitative estimate of drug-likeness (QED) is 0.746. The lowest BCUT2D eigenvalue weighted by atomic mass is 10.3. The highest BCUT2D eigenvalue weighted by molar-refractivity contribution is 6.33. The van der Waals surface area contributed by atoms with Crippen LogP contribution >= 0.6 is 11.6 Å². The molecule has 0 fully saturated rings. The van der Waals surface area contributed by atoms with Crippen LogP contribution in [-0.4, -0.2) is 9.38 Å². The molecule has 0 spiro atoms. The number of anilines is 1. The van der Waals surface area contributed by atoms with E-state index in [0.29, 0.717) is 23.1 Å². The summed E-state index contributed by atoms with van der Waals surface area (Å²) >= 11 is 6.07. The van der Waals surface area contributed by atoms with Crippen molar-refractivity contribution in [2.24, 2.45) is 0 Å². The molecule has 96 valence electrons. The summed E-state index contributed by atoms with van der Waals surface area (Å²) in [4.78, 5) is 4.42. The molecule has 0 saturated carbocycles. The number of fused-ring (bicyclic) bond motifs is 1. The zero-order chi connectivity index (χ0) is 13.2. The first-order chi connectivity index (χ1) is 9.24. The molecule has 0 aliphatic heterocycles. The predicted molar refractivity (Wildman–Crippen MR) is 75.4 cm³/mol. The van der Waals surface area contributed by atoms with Gasteiger partial charge in [-0.3, -0.25) is 0 Å². The normalized spacial score (nSPS) is 10.8. The van der Waals surface area contributed by atoms with Crippen molar-refractivity contribution < 1.29 is 4.74 Å². The fourth-order valence-electron chi connectivity index (χ4n) is 1.86. The Morgan fingerprint density at radius 3 is 2.84 bits per heavy atom. The maximum Gasteiger partial charge on any atom is 0.155 e. The van der Waals surface area contributed by atoms with E-state index < -0.39 is 0 Å². The lowest BCUT2D eigenvalue weighted by Crippen LogP contribution is -1.98. The van der Waals surface area contributed by atoms with E-state index in [-0.39, 0.29) is 0 Å². The van der Waals surface area contributed by atoms with Gasteiger partial charge in [-0.15, -0.1) is 0 Å². The van der Waals surface area contributed by atoms with E-state index in [0.717, 1.165) is 11.3 Å². The molecule has 1 aromatic carbocycles. The van der Waals surface area contributed by atoms with E-state index in [2.05, 4.69) is 4.98 Å². The number of benzene rings is 1. The van der Waals surface area contributed by atoms with Gasteiger partial charge in [0.2, 0.25) is 0 Å². The topological polar surface area (TPSA) is 52.5 Å². The SMILES string of the molecule is Nc1ccccc1OCc1cn2cccc(Cl)c2n1. The van der Waals surface area contributed by atoms with Crippen molar-refractivity contribution >= 4 is 22.9 Å². The second-order valence-corrected chi connectivity index (χ2v) is 4.55. The average Bonchev–Trinajstić information content (AvgIpc) is 2.82. The zero-order valence-corrected chi connectivity index (χ0v) is 10.8. The maximum atomic E-state index is 6.07. The Hall–Kier alpha value is -2.20. The molecule has 4 nitrogen and oxygen atoms in total. The molecule has 2 N–H and O–H groups in total. The summed E-state index contributed by atoms with van der Waals surface area (Å²) in [6.45, 7) is 0.353. The molecular weight excluding hydrogens is 262 g/mol. The minimum atomic E-state index is 0.353. The Kier molecular flexibility index (Phi) is 3.01. The van der Waals surface area contributed by atoms with Crippen LogP contribution in [0.3, 0.4) is 0 Å². The Bertz CT molecular complexity index is 724. The third kappa shape index (κ3) is 2.35. The van der Waals surface area contributed by atoms with E-state index in [9.17, 15) is 0 Å². The minimum absolute atomic E-state index is 0.353. The number of nitrogens with zero attached hydrogens (tertiary/aromatic N) is 2. The molecule has 0 radical (unpaired) electrons. The number of ether oxygens (including phenoxy) is 1. The summed E-state index contributed by atoms with van der Waals surface area (Å²) in [5.41, 5.74) is 7.96. The summed E-state index contributed by atoms with van der Waals surface area (Å²) in [6, 6.07) is 11.1. The van der Waals surface area contributed by atoms with E-state index in [1.54, 1.807) is 6.07 Å². The Balaban J connectivity index is 1.83. The van der Waals surface area contributed by atoms with Crippen LogP contribution in [0.15, 0.2) is 48.8 Å². The molecule has 0 bridgehead atoms. The van der Waals surface area contributed by atoms with Crippen LogP contribution in [0.4, 0.5) is 5.69 Å². The smallest absolute Gasteiger partial charge is 0.155 e. The number of hydrogen-bond acceptors (Lipinski definition) is 3. The molecule has 3 rings (SSSR count). The molecule has 5 heteroatoms. The third-order valence-corrected chi connectivity index (χ3v) is 3.07. The number of pyridine rings is 1. The van der Waals surface area contributed by atoms with Crippen molar-refractivity contribution in [3.63, 3.8) is 0 Å². The van der Waals surface area contributed by atoms with Gasteiger partial charge in [-0.2, -0.15) is 0 Å². The number of aromatic nitrogens is 2. The molecule has 0 aliphatic carbocycles. The molecule has 0 saturated heterocycles. The number of halogens is 1. The summed E-state index contributed by atoms with van der Waals surface area (Å²) in [5.74, 6) is 0.658. The lowest BCUT2D eigenvalue weighted by Gasteiger charge is -2.06. The van der Waals surface area contributed by atoms with Crippen LogP contribution in [0, 0.1) is 0 Å². The Labute approximate surface area is 115 Å². The van der Waals surface area contributed by atoms with Crippen LogP contribution in [0.2, 0.25) is 5.02 Å². The van der Waals surface area contributed by atoms with Gasteiger partial charge < -0.3 is 14.9 Å². The molecule has 0 aliphatic rings. The van der Waals surface area contributed by atoms with Gasteiger partial charge in [0.15, 0.2) is 5.65 Å². The molecular formula is C14H12ClN3O. The first-order valence-electron chi connectivity index (χ1n) is 5.83. The van der Waals surface area contributed by atoms with Gasteiger partial charge in [-0.05, 0) is 24.3 Å². The van der Waals surface area contributed by atoms with Crippen molar-refractivity contribution in [3.05, 3.63) is 59.5 Å². The summed E-state index contributed by atoms with van der Waals surface area (Å²) in [6.07, 6.45) is 3.79. The fourth-order valence-corrected chi connectivity index (χ4v) is 2.08. The molecule has 0 unspecified atom stereocenters. The molecule has 2 heterocycles. The highest BCUT2D eigenvalue weighted by atomic mass is 35.5. The number of hydrogen-bond donors (Lipinski definition) is 1. The van der Waals surface area contributed by atoms with Crippen molar-refractivity contribution in [3.8, 4) is 5.75 Å².